The molecule has 6 unspecified atom stereocenters. The van der Waals surface area contributed by atoms with Crippen molar-refractivity contribution in [3.63, 3.8) is 0 Å². The highest BCUT2D eigenvalue weighted by molar-refractivity contribution is 7.70. The lowest BCUT2D eigenvalue weighted by Crippen LogP contribution is -2.33. The molecule has 222 valence electrons. The molecule has 17 heteroatoms. The second kappa shape index (κ2) is 11.1. The Morgan fingerprint density at radius 3 is 2.45 bits per heavy atom. The monoisotopic (exact) mass is 637 g/mol. The number of rotatable bonds is 8. The van der Waals surface area contributed by atoms with Crippen LogP contribution in [0, 0.1) is 0 Å². The van der Waals surface area contributed by atoms with Gasteiger partial charge in [0.15, 0.2) is 29.1 Å². The van der Waals surface area contributed by atoms with Gasteiger partial charge in [0.2, 0.25) is 5.28 Å². The topological polar surface area (TPSA) is 201 Å². The van der Waals surface area contributed by atoms with Crippen molar-refractivity contribution in [2.24, 2.45) is 0 Å². The van der Waals surface area contributed by atoms with Gasteiger partial charge in [-0.1, -0.05) is 48.5 Å². The van der Waals surface area contributed by atoms with Gasteiger partial charge in [-0.3, -0.25) is 13.7 Å². The molecule has 0 bridgehead atoms. The number of anilines is 2. The molecule has 6 rings (SSSR count). The van der Waals surface area contributed by atoms with E-state index in [1.54, 1.807) is 0 Å². The molecule has 2 aromatic heterocycles. The zero-order valence-corrected chi connectivity index (χ0v) is 24.2. The second-order valence-electron chi connectivity index (χ2n) is 10.1. The smallest absolute Gasteiger partial charge is 0.340 e. The first-order valence-electron chi connectivity index (χ1n) is 12.8. The number of benzene rings is 2. The minimum Gasteiger partial charge on any atom is -0.387 e. The Hall–Kier alpha value is -2.74. The van der Waals surface area contributed by atoms with E-state index in [0.29, 0.717) is 17.9 Å². The molecule has 6 atom stereocenters. The van der Waals surface area contributed by atoms with Crippen LogP contribution in [0.3, 0.4) is 0 Å². The number of hydrogen-bond donors (Lipinski definition) is 5. The lowest BCUT2D eigenvalue weighted by molar-refractivity contribution is -0.0483. The van der Waals surface area contributed by atoms with Gasteiger partial charge in [0.1, 0.15) is 18.3 Å². The normalized spacial score (nSPS) is 25.6. The fourth-order valence-corrected chi connectivity index (χ4v) is 8.12. The van der Waals surface area contributed by atoms with Crippen molar-refractivity contribution >= 4 is 49.5 Å². The number of nitrogens with zero attached hydrogens (tertiary/aromatic N) is 5. The Bertz CT molecular complexity index is 1720. The van der Waals surface area contributed by atoms with E-state index in [2.05, 4.69) is 33.2 Å². The summed E-state index contributed by atoms with van der Waals surface area (Å²) in [5, 5.41) is 21.3. The minimum atomic E-state index is -4.85. The molecule has 4 aromatic rings. The number of hydrogen-bond acceptors (Lipinski definition) is 10. The SMILES string of the molecule is O=P(O)(O)CP(=O)(O)OCC1OC(n2cnc3c(N4CC(c5ccccc5)c5ccccc54)nc(Cl)nc32)C(O)C1O. The number of halogens is 1. The number of ether oxygens (including phenoxy) is 1. The van der Waals surface area contributed by atoms with Crippen LogP contribution in [0.4, 0.5) is 11.5 Å². The maximum absolute atomic E-state index is 12.1. The first kappa shape index (κ1) is 29.3. The van der Waals surface area contributed by atoms with Crippen molar-refractivity contribution in [3.8, 4) is 0 Å². The van der Waals surface area contributed by atoms with Gasteiger partial charge >= 0.3 is 15.2 Å². The second-order valence-corrected chi connectivity index (χ2v) is 14.4. The Morgan fingerprint density at radius 2 is 1.71 bits per heavy atom. The molecule has 1 fully saturated rings. The molecule has 2 aliphatic rings. The minimum absolute atomic E-state index is 0.0530. The molecular weight excluding hydrogens is 612 g/mol. The predicted molar refractivity (Wildman–Crippen MR) is 151 cm³/mol. The molecule has 0 saturated carbocycles. The summed E-state index contributed by atoms with van der Waals surface area (Å²) in [6, 6.07) is 18.0. The summed E-state index contributed by atoms with van der Waals surface area (Å²) in [4.78, 5) is 43.1. The number of para-hydroxylation sites is 1. The summed E-state index contributed by atoms with van der Waals surface area (Å²) in [5.41, 5.74) is 3.72. The maximum Gasteiger partial charge on any atom is 0.340 e. The largest absolute Gasteiger partial charge is 0.387 e. The van der Waals surface area contributed by atoms with Crippen LogP contribution >= 0.6 is 26.8 Å². The fourth-order valence-electron chi connectivity index (χ4n) is 5.39. The molecule has 5 N–H and O–H groups in total. The standard InChI is InChI=1S/C25H26ClN5O9P2/c26-25-28-22(30-10-16(14-6-2-1-3-7-14)15-8-4-5-9-17(15)30)19-23(29-25)31(12-27-19)24-21(33)20(32)18(40-24)11-39-42(37,38)13-41(34,35)36/h1-9,12,16,18,20-21,24,32-33H,10-11,13H2,(H,37,38)(H2,34,35,36). The first-order chi connectivity index (χ1) is 19.9. The van der Waals surface area contributed by atoms with Gasteiger partial charge in [0.25, 0.3) is 0 Å². The summed E-state index contributed by atoms with van der Waals surface area (Å²) in [7, 11) is -9.56. The van der Waals surface area contributed by atoms with Gasteiger partial charge in [-0.25, -0.2) is 4.98 Å². The molecule has 0 spiro atoms. The third kappa shape index (κ3) is 5.63. The van der Waals surface area contributed by atoms with Crippen LogP contribution in [0.25, 0.3) is 11.2 Å². The van der Waals surface area contributed by atoms with Gasteiger partial charge < -0.3 is 39.1 Å². The van der Waals surface area contributed by atoms with E-state index in [-0.39, 0.29) is 16.8 Å². The lowest BCUT2D eigenvalue weighted by Gasteiger charge is -2.20. The van der Waals surface area contributed by atoms with Gasteiger partial charge in [0.05, 0.1) is 12.9 Å². The Kier molecular flexibility index (Phi) is 7.73. The summed E-state index contributed by atoms with van der Waals surface area (Å²) in [5.74, 6) is -0.914. The van der Waals surface area contributed by atoms with E-state index in [1.165, 1.54) is 10.9 Å². The van der Waals surface area contributed by atoms with Crippen LogP contribution in [-0.2, 0) is 18.4 Å². The van der Waals surface area contributed by atoms with Crippen molar-refractivity contribution < 1.29 is 43.3 Å². The highest BCUT2D eigenvalue weighted by atomic mass is 35.5. The average Bonchev–Trinajstić information content (AvgIpc) is 3.60. The van der Waals surface area contributed by atoms with E-state index in [9.17, 15) is 24.2 Å². The Labute approximate surface area is 243 Å². The summed E-state index contributed by atoms with van der Waals surface area (Å²) < 4.78 is 35.1. The van der Waals surface area contributed by atoms with Crippen molar-refractivity contribution in [1.82, 2.24) is 19.5 Å². The summed E-state index contributed by atoms with van der Waals surface area (Å²) >= 11 is 6.38. The molecule has 14 nitrogen and oxygen atoms in total. The molecule has 4 heterocycles. The van der Waals surface area contributed by atoms with E-state index in [1.807, 2.05) is 41.3 Å². The highest BCUT2D eigenvalue weighted by Gasteiger charge is 2.46. The van der Waals surface area contributed by atoms with E-state index in [4.69, 9.17) is 30.6 Å². The quantitative estimate of drug-likeness (QED) is 0.140. The predicted octanol–water partition coefficient (Wildman–Crippen LogP) is 2.72. The number of aliphatic hydroxyl groups is 2. The van der Waals surface area contributed by atoms with E-state index in [0.717, 1.165) is 16.8 Å². The Morgan fingerprint density at radius 1 is 1.00 bits per heavy atom. The number of aromatic nitrogens is 4. The average molecular weight is 638 g/mol. The third-order valence-electron chi connectivity index (χ3n) is 7.22. The van der Waals surface area contributed by atoms with Crippen LogP contribution in [-0.4, -0.2) is 81.8 Å². The van der Waals surface area contributed by atoms with Crippen LogP contribution in [0.1, 0.15) is 23.3 Å². The van der Waals surface area contributed by atoms with Crippen LogP contribution < -0.4 is 4.90 Å². The fraction of sp³-hybridized carbons (Fsp3) is 0.320. The van der Waals surface area contributed by atoms with Gasteiger partial charge in [0, 0.05) is 18.2 Å². The third-order valence-corrected chi connectivity index (χ3v) is 10.8. The van der Waals surface area contributed by atoms with Crippen LogP contribution in [0.5, 0.6) is 0 Å². The lowest BCUT2D eigenvalue weighted by atomic mass is 9.93. The van der Waals surface area contributed by atoms with Crippen molar-refractivity contribution in [2.75, 3.05) is 24.0 Å². The molecule has 1 saturated heterocycles. The van der Waals surface area contributed by atoms with Crippen molar-refractivity contribution in [1.29, 1.82) is 0 Å². The molecule has 2 aromatic carbocycles. The maximum atomic E-state index is 12.1. The number of aliphatic hydroxyl groups excluding tert-OH is 2. The van der Waals surface area contributed by atoms with Gasteiger partial charge in [-0.15, -0.1) is 0 Å². The molecular formula is C25H26ClN5O9P2. The number of imidazole rings is 1. The van der Waals surface area contributed by atoms with Crippen LogP contribution in [0.2, 0.25) is 5.28 Å². The van der Waals surface area contributed by atoms with E-state index < -0.39 is 52.2 Å². The molecule has 0 aliphatic carbocycles. The summed E-state index contributed by atoms with van der Waals surface area (Å²) in [6.07, 6.45) is -4.32. The van der Waals surface area contributed by atoms with Crippen molar-refractivity contribution in [3.05, 3.63) is 77.3 Å². The van der Waals surface area contributed by atoms with Gasteiger partial charge in [-0.2, -0.15) is 9.97 Å². The van der Waals surface area contributed by atoms with Crippen LogP contribution in [0.15, 0.2) is 60.9 Å². The molecule has 2 aliphatic heterocycles. The van der Waals surface area contributed by atoms with Gasteiger partial charge in [-0.05, 0) is 28.8 Å². The van der Waals surface area contributed by atoms with E-state index >= 15 is 0 Å². The summed E-state index contributed by atoms with van der Waals surface area (Å²) in [6.45, 7) is -0.170. The zero-order valence-electron chi connectivity index (χ0n) is 21.7. The first-order valence-corrected chi connectivity index (χ1v) is 16.7. The zero-order chi connectivity index (χ0) is 29.8. The highest BCUT2D eigenvalue weighted by Crippen LogP contribution is 2.55. The molecule has 0 amide bonds. The Balaban J connectivity index is 1.30. The van der Waals surface area contributed by atoms with Crippen molar-refractivity contribution in [2.45, 2.75) is 30.5 Å². The molecule has 0 radical (unpaired) electrons. The number of fused-ring (bicyclic) bond motifs is 2. The molecule has 42 heavy (non-hydrogen) atoms.